The molecule has 0 aliphatic carbocycles. The average Bonchev–Trinajstić information content (AvgIpc) is 1.98. The zero-order chi connectivity index (χ0) is 9.72. The molecule has 0 aromatic carbocycles. The Morgan fingerprint density at radius 2 is 1.75 bits per heavy atom. The van der Waals surface area contributed by atoms with E-state index in [2.05, 4.69) is 11.3 Å². The van der Waals surface area contributed by atoms with Crippen molar-refractivity contribution in [2.75, 3.05) is 6.61 Å². The highest BCUT2D eigenvalue weighted by Gasteiger charge is 2.11. The van der Waals surface area contributed by atoms with E-state index in [4.69, 9.17) is 0 Å². The molecule has 0 spiro atoms. The van der Waals surface area contributed by atoms with Gasteiger partial charge in [0.05, 0.1) is 0 Å². The topological polar surface area (TPSA) is 26.3 Å². The molecule has 0 heterocycles. The van der Waals surface area contributed by atoms with Crippen molar-refractivity contribution in [3.05, 3.63) is 24.3 Å². The summed E-state index contributed by atoms with van der Waals surface area (Å²) in [6, 6.07) is 0. The molecule has 0 amide bonds. The van der Waals surface area contributed by atoms with Crippen LogP contribution in [0.1, 0.15) is 0 Å². The summed E-state index contributed by atoms with van der Waals surface area (Å²) in [5.41, 5.74) is 0. The molecule has 0 rings (SSSR count). The molecule has 2 nitrogen and oxygen atoms in total. The van der Waals surface area contributed by atoms with Crippen LogP contribution >= 0.6 is 0 Å². The van der Waals surface area contributed by atoms with Crippen LogP contribution in [0.2, 0.25) is 0 Å². The van der Waals surface area contributed by atoms with Crippen molar-refractivity contribution in [1.82, 2.24) is 0 Å². The van der Waals surface area contributed by atoms with Crippen LogP contribution in [0.5, 0.6) is 0 Å². The number of carbonyl (C=O) groups excluding carboxylic acids is 1. The summed E-state index contributed by atoms with van der Waals surface area (Å²) in [5, 5.41) is 0. The Balaban J connectivity index is 3.94. The lowest BCUT2D eigenvalue weighted by Gasteiger charge is -1.98. The Morgan fingerprint density at radius 1 is 1.25 bits per heavy atom. The Labute approximate surface area is 65.1 Å². The molecule has 0 aliphatic rings. The van der Waals surface area contributed by atoms with Crippen LogP contribution < -0.4 is 0 Å². The highest BCUT2D eigenvalue weighted by molar-refractivity contribution is 5.85. The van der Waals surface area contributed by atoms with Gasteiger partial charge in [-0.25, -0.2) is 9.18 Å². The van der Waals surface area contributed by atoms with E-state index in [-0.39, 0.29) is 0 Å². The lowest BCUT2D eigenvalue weighted by molar-refractivity contribution is -0.140. The van der Waals surface area contributed by atoms with Gasteiger partial charge in [-0.15, -0.1) is 0 Å². The number of esters is 1. The smallest absolute Gasteiger partial charge is 0.366 e. The van der Waals surface area contributed by atoms with Gasteiger partial charge < -0.3 is 4.74 Å². The van der Waals surface area contributed by atoms with E-state index in [9.17, 15) is 22.4 Å². The van der Waals surface area contributed by atoms with Gasteiger partial charge in [0.15, 0.2) is 0 Å². The third kappa shape index (κ3) is 3.75. The molecule has 0 bridgehead atoms. The van der Waals surface area contributed by atoms with Gasteiger partial charge in [-0.2, -0.15) is 13.2 Å². The Hall–Kier alpha value is -1.33. The van der Waals surface area contributed by atoms with E-state index in [1.165, 1.54) is 0 Å². The van der Waals surface area contributed by atoms with Crippen molar-refractivity contribution in [3.63, 3.8) is 0 Å². The molecule has 0 saturated heterocycles. The fourth-order valence-corrected chi connectivity index (χ4v) is 0.262. The lowest BCUT2D eigenvalue weighted by atomic mass is 10.6. The largest absolute Gasteiger partial charge is 0.453 e. The molecule has 12 heavy (non-hydrogen) atoms. The van der Waals surface area contributed by atoms with Crippen molar-refractivity contribution in [2.45, 2.75) is 0 Å². The zero-order valence-electron chi connectivity index (χ0n) is 5.74. The molecule has 0 saturated carbocycles. The summed E-state index contributed by atoms with van der Waals surface area (Å²) in [4.78, 5) is 10.1. The first-order chi connectivity index (χ1) is 5.45. The van der Waals surface area contributed by atoms with Crippen LogP contribution in [0, 0.1) is 0 Å². The Morgan fingerprint density at radius 3 is 2.08 bits per heavy atom. The zero-order valence-corrected chi connectivity index (χ0v) is 5.74. The van der Waals surface area contributed by atoms with E-state index in [1.807, 2.05) is 0 Å². The Bertz CT molecular complexity index is 230. The number of hydrogen-bond donors (Lipinski definition) is 0. The summed E-state index contributed by atoms with van der Waals surface area (Å²) >= 11 is 0. The molecular formula is C6H4F4O2. The predicted octanol–water partition coefficient (Wildman–Crippen LogP) is 2.09. The number of carbonyl (C=O) groups is 1. The van der Waals surface area contributed by atoms with Gasteiger partial charge in [-0.3, -0.25) is 0 Å². The Kier molecular flexibility index (Phi) is 4.03. The molecular weight excluding hydrogens is 180 g/mol. The highest BCUT2D eigenvalue weighted by Crippen LogP contribution is 2.09. The van der Waals surface area contributed by atoms with E-state index in [0.29, 0.717) is 0 Å². The molecule has 0 aromatic rings. The molecule has 0 unspecified atom stereocenters. The number of hydrogen-bond acceptors (Lipinski definition) is 2. The number of rotatable bonds is 3. The summed E-state index contributed by atoms with van der Waals surface area (Å²) < 4.78 is 49.9. The van der Waals surface area contributed by atoms with Crippen molar-refractivity contribution in [1.29, 1.82) is 0 Å². The summed E-state index contributed by atoms with van der Waals surface area (Å²) in [5.74, 6) is -4.95. The van der Waals surface area contributed by atoms with Crippen LogP contribution in [0.3, 0.4) is 0 Å². The van der Waals surface area contributed by atoms with Crippen LogP contribution in [0.4, 0.5) is 17.6 Å². The minimum atomic E-state index is -2.60. The van der Waals surface area contributed by atoms with Crippen molar-refractivity contribution >= 4 is 5.97 Å². The maximum Gasteiger partial charge on any atom is 0.366 e. The van der Waals surface area contributed by atoms with Crippen molar-refractivity contribution in [2.24, 2.45) is 0 Å². The van der Waals surface area contributed by atoms with Crippen LogP contribution in [-0.2, 0) is 9.53 Å². The first kappa shape index (κ1) is 10.7. The molecule has 6 heteroatoms. The van der Waals surface area contributed by atoms with E-state index in [1.54, 1.807) is 0 Å². The SMILES string of the molecule is C=C(F)C(=O)OCC(F)=C(F)F. The van der Waals surface area contributed by atoms with Gasteiger partial charge in [0.25, 0.3) is 0 Å². The molecule has 0 radical (unpaired) electrons. The standard InChI is InChI=1S/C6H4F4O2/c1-3(7)6(11)12-2-4(8)5(9)10/h1-2H2. The van der Waals surface area contributed by atoms with Gasteiger partial charge in [-0.05, 0) is 0 Å². The number of halogens is 4. The van der Waals surface area contributed by atoms with Gasteiger partial charge in [0.1, 0.15) is 6.61 Å². The van der Waals surface area contributed by atoms with Crippen LogP contribution in [0.25, 0.3) is 0 Å². The minimum absolute atomic E-state index is 1.29. The molecule has 0 fully saturated rings. The molecule has 0 aliphatic heterocycles. The second-order valence-corrected chi connectivity index (χ2v) is 1.65. The highest BCUT2D eigenvalue weighted by atomic mass is 19.3. The molecule has 68 valence electrons. The maximum absolute atomic E-state index is 11.8. The van der Waals surface area contributed by atoms with Gasteiger partial charge >= 0.3 is 12.0 Å². The fourth-order valence-electron chi connectivity index (χ4n) is 0.262. The first-order valence-electron chi connectivity index (χ1n) is 2.66. The fraction of sp³-hybridized carbons (Fsp3) is 0.167. The van der Waals surface area contributed by atoms with E-state index in [0.717, 1.165) is 0 Å². The average molecular weight is 184 g/mol. The summed E-state index contributed by atoms with van der Waals surface area (Å²) in [7, 11) is 0. The third-order valence-electron chi connectivity index (χ3n) is 0.757. The maximum atomic E-state index is 11.8. The molecule has 0 aromatic heterocycles. The van der Waals surface area contributed by atoms with Crippen LogP contribution in [0.15, 0.2) is 24.3 Å². The third-order valence-corrected chi connectivity index (χ3v) is 0.757. The van der Waals surface area contributed by atoms with Crippen molar-refractivity contribution < 1.29 is 27.1 Å². The minimum Gasteiger partial charge on any atom is -0.453 e. The number of ether oxygens (including phenoxy) is 1. The second-order valence-electron chi connectivity index (χ2n) is 1.65. The van der Waals surface area contributed by atoms with Gasteiger partial charge in [0, 0.05) is 0 Å². The molecule has 0 atom stereocenters. The van der Waals surface area contributed by atoms with Gasteiger partial charge in [-0.1, -0.05) is 6.58 Å². The van der Waals surface area contributed by atoms with E-state index >= 15 is 0 Å². The predicted molar refractivity (Wildman–Crippen MR) is 31.6 cm³/mol. The summed E-state index contributed by atoms with van der Waals surface area (Å²) in [6.07, 6.45) is -2.60. The molecule has 0 N–H and O–H groups in total. The lowest BCUT2D eigenvalue weighted by Crippen LogP contribution is -2.06. The van der Waals surface area contributed by atoms with Crippen LogP contribution in [-0.4, -0.2) is 12.6 Å². The van der Waals surface area contributed by atoms with E-state index < -0.39 is 30.3 Å². The quantitative estimate of drug-likeness (QED) is 0.381. The first-order valence-corrected chi connectivity index (χ1v) is 2.66. The second kappa shape index (κ2) is 4.53. The normalized spacial score (nSPS) is 9.00. The van der Waals surface area contributed by atoms with Crippen molar-refractivity contribution in [3.8, 4) is 0 Å². The monoisotopic (exact) mass is 184 g/mol. The summed E-state index contributed by atoms with van der Waals surface area (Å²) in [6.45, 7) is 1.22. The van der Waals surface area contributed by atoms with Gasteiger partial charge in [0.2, 0.25) is 11.7 Å².